The zero-order valence-electron chi connectivity index (χ0n) is 13.6. The first kappa shape index (κ1) is 17.2. The van der Waals surface area contributed by atoms with Crippen molar-refractivity contribution < 1.29 is 9.32 Å². The Bertz CT molecular complexity index is 836. The molecule has 3 heterocycles. The van der Waals surface area contributed by atoms with Gasteiger partial charge >= 0.3 is 0 Å². The average Bonchev–Trinajstić information content (AvgIpc) is 3.12. The molecule has 0 saturated carbocycles. The fourth-order valence-corrected chi connectivity index (χ4v) is 2.55. The summed E-state index contributed by atoms with van der Waals surface area (Å²) in [6.45, 7) is 2.45. The Morgan fingerprint density at radius 1 is 1.28 bits per heavy atom. The maximum absolute atomic E-state index is 12.5. The molecule has 0 saturated heterocycles. The molecule has 1 amide bonds. The minimum absolute atomic E-state index is 0.0431. The van der Waals surface area contributed by atoms with Crippen molar-refractivity contribution in [3.8, 4) is 11.4 Å². The van der Waals surface area contributed by atoms with E-state index in [0.29, 0.717) is 30.5 Å². The van der Waals surface area contributed by atoms with Crippen LogP contribution in [0.5, 0.6) is 0 Å². The van der Waals surface area contributed by atoms with Crippen LogP contribution in [0, 0.1) is 0 Å². The summed E-state index contributed by atoms with van der Waals surface area (Å²) in [5, 5.41) is 3.93. The molecule has 0 unspecified atom stereocenters. The van der Waals surface area contributed by atoms with E-state index in [1.54, 1.807) is 35.6 Å². The van der Waals surface area contributed by atoms with Crippen LogP contribution in [0.3, 0.4) is 0 Å². The van der Waals surface area contributed by atoms with Gasteiger partial charge in [0.25, 0.3) is 0 Å². The molecule has 0 N–H and O–H groups in total. The number of aromatic nitrogens is 4. The number of amides is 1. The summed E-state index contributed by atoms with van der Waals surface area (Å²) in [6, 6.07) is 7.32. The second-order valence-electron chi connectivity index (χ2n) is 5.23. The van der Waals surface area contributed by atoms with Crippen molar-refractivity contribution in [2.24, 2.45) is 0 Å². The maximum Gasteiger partial charge on any atom is 0.228 e. The van der Waals surface area contributed by atoms with Crippen molar-refractivity contribution in [1.29, 1.82) is 0 Å². The predicted octanol–water partition coefficient (Wildman–Crippen LogP) is 3.27. The van der Waals surface area contributed by atoms with E-state index in [1.807, 2.05) is 19.1 Å². The van der Waals surface area contributed by atoms with E-state index in [0.717, 1.165) is 10.0 Å². The molecule has 3 rings (SSSR count). The molecule has 128 valence electrons. The molecule has 0 aliphatic rings. The highest BCUT2D eigenvalue weighted by Gasteiger charge is 2.17. The van der Waals surface area contributed by atoms with Gasteiger partial charge in [0.05, 0.1) is 0 Å². The normalized spacial score (nSPS) is 10.6. The molecule has 0 fully saturated rings. The van der Waals surface area contributed by atoms with Crippen molar-refractivity contribution >= 4 is 27.7 Å². The van der Waals surface area contributed by atoms with Gasteiger partial charge in [-0.2, -0.15) is 4.98 Å². The third-order valence-electron chi connectivity index (χ3n) is 3.55. The Morgan fingerprint density at radius 3 is 2.84 bits per heavy atom. The van der Waals surface area contributed by atoms with Crippen LogP contribution in [-0.2, 0) is 11.2 Å². The molecule has 0 bridgehead atoms. The van der Waals surface area contributed by atoms with Crippen LogP contribution in [0.1, 0.15) is 19.2 Å². The number of carbonyl (C=O) groups is 1. The van der Waals surface area contributed by atoms with Gasteiger partial charge < -0.3 is 4.52 Å². The Hall–Kier alpha value is -2.61. The summed E-state index contributed by atoms with van der Waals surface area (Å²) in [5.41, 5.74) is 0.776. The number of rotatable bonds is 6. The fourth-order valence-electron chi connectivity index (χ4n) is 2.31. The number of carbonyl (C=O) groups excluding carboxylic acids is 1. The quantitative estimate of drug-likeness (QED) is 0.629. The SMILES string of the molecule is CCN(C(=O)CCc1nc(-c2cccnc2)no1)c1ccc(Br)cn1. The highest BCUT2D eigenvalue weighted by atomic mass is 79.9. The zero-order valence-corrected chi connectivity index (χ0v) is 15.2. The molecule has 3 aromatic heterocycles. The zero-order chi connectivity index (χ0) is 17.6. The fraction of sp³-hybridized carbons (Fsp3) is 0.235. The molecule has 25 heavy (non-hydrogen) atoms. The van der Waals surface area contributed by atoms with Crippen molar-refractivity contribution in [3.05, 3.63) is 53.2 Å². The van der Waals surface area contributed by atoms with Crippen LogP contribution in [0.4, 0.5) is 5.82 Å². The van der Waals surface area contributed by atoms with Gasteiger partial charge in [-0.15, -0.1) is 0 Å². The lowest BCUT2D eigenvalue weighted by atomic mass is 10.2. The van der Waals surface area contributed by atoms with Gasteiger partial charge in [-0.25, -0.2) is 4.98 Å². The molecule has 0 spiro atoms. The maximum atomic E-state index is 12.5. The number of anilines is 1. The Labute approximate surface area is 153 Å². The summed E-state index contributed by atoms with van der Waals surface area (Å²) in [7, 11) is 0. The van der Waals surface area contributed by atoms with Crippen LogP contribution < -0.4 is 4.90 Å². The van der Waals surface area contributed by atoms with Gasteiger partial charge in [-0.1, -0.05) is 5.16 Å². The third kappa shape index (κ3) is 4.27. The van der Waals surface area contributed by atoms with Gasteiger partial charge in [0, 0.05) is 48.0 Å². The van der Waals surface area contributed by atoms with E-state index in [9.17, 15) is 4.79 Å². The number of hydrogen-bond acceptors (Lipinski definition) is 6. The van der Waals surface area contributed by atoms with E-state index < -0.39 is 0 Å². The summed E-state index contributed by atoms with van der Waals surface area (Å²) >= 11 is 3.34. The van der Waals surface area contributed by atoms with Crippen molar-refractivity contribution in [2.75, 3.05) is 11.4 Å². The van der Waals surface area contributed by atoms with Gasteiger partial charge in [-0.05, 0) is 47.1 Å². The summed E-state index contributed by atoms with van der Waals surface area (Å²) < 4.78 is 6.09. The Morgan fingerprint density at radius 2 is 2.16 bits per heavy atom. The number of pyridine rings is 2. The summed E-state index contributed by atoms with van der Waals surface area (Å²) in [5.74, 6) is 1.47. The topological polar surface area (TPSA) is 85.0 Å². The molecule has 0 aliphatic carbocycles. The van der Waals surface area contributed by atoms with E-state index in [-0.39, 0.29) is 12.3 Å². The second-order valence-corrected chi connectivity index (χ2v) is 6.14. The Kier molecular flexibility index (Phi) is 5.49. The highest BCUT2D eigenvalue weighted by molar-refractivity contribution is 9.10. The van der Waals surface area contributed by atoms with E-state index >= 15 is 0 Å². The largest absolute Gasteiger partial charge is 0.339 e. The van der Waals surface area contributed by atoms with Gasteiger partial charge in [0.2, 0.25) is 17.6 Å². The van der Waals surface area contributed by atoms with Crippen molar-refractivity contribution in [3.63, 3.8) is 0 Å². The number of halogens is 1. The minimum atomic E-state index is -0.0431. The predicted molar refractivity (Wildman–Crippen MR) is 95.8 cm³/mol. The highest BCUT2D eigenvalue weighted by Crippen LogP contribution is 2.17. The van der Waals surface area contributed by atoms with Crippen LogP contribution >= 0.6 is 15.9 Å². The first-order valence-electron chi connectivity index (χ1n) is 7.82. The van der Waals surface area contributed by atoms with Crippen molar-refractivity contribution in [1.82, 2.24) is 20.1 Å². The van der Waals surface area contributed by atoms with Crippen molar-refractivity contribution in [2.45, 2.75) is 19.8 Å². The third-order valence-corrected chi connectivity index (χ3v) is 4.02. The minimum Gasteiger partial charge on any atom is -0.339 e. The molecule has 0 radical (unpaired) electrons. The molecule has 7 nitrogen and oxygen atoms in total. The number of hydrogen-bond donors (Lipinski definition) is 0. The second kappa shape index (κ2) is 7.98. The first-order valence-corrected chi connectivity index (χ1v) is 8.61. The molecule has 0 aromatic carbocycles. The van der Waals surface area contributed by atoms with Gasteiger partial charge in [-0.3, -0.25) is 14.7 Å². The molecule has 0 atom stereocenters. The van der Waals surface area contributed by atoms with E-state index in [2.05, 4.69) is 36.0 Å². The van der Waals surface area contributed by atoms with Crippen LogP contribution in [0.25, 0.3) is 11.4 Å². The number of aryl methyl sites for hydroxylation is 1. The molecular weight excluding hydrogens is 386 g/mol. The molecular formula is C17H16BrN5O2. The monoisotopic (exact) mass is 401 g/mol. The van der Waals surface area contributed by atoms with Gasteiger partial charge in [0.15, 0.2) is 0 Å². The lowest BCUT2D eigenvalue weighted by Crippen LogP contribution is -2.31. The Balaban J connectivity index is 1.63. The van der Waals surface area contributed by atoms with E-state index in [4.69, 9.17) is 4.52 Å². The van der Waals surface area contributed by atoms with Gasteiger partial charge in [0.1, 0.15) is 5.82 Å². The van der Waals surface area contributed by atoms with Crippen LogP contribution in [0.2, 0.25) is 0 Å². The summed E-state index contributed by atoms with van der Waals surface area (Å²) in [6.07, 6.45) is 5.65. The lowest BCUT2D eigenvalue weighted by molar-refractivity contribution is -0.118. The van der Waals surface area contributed by atoms with E-state index in [1.165, 1.54) is 0 Å². The molecule has 0 aliphatic heterocycles. The summed E-state index contributed by atoms with van der Waals surface area (Å²) in [4.78, 5) is 26.7. The molecule has 8 heteroatoms. The first-order chi connectivity index (χ1) is 12.2. The number of nitrogens with zero attached hydrogens (tertiary/aromatic N) is 5. The smallest absolute Gasteiger partial charge is 0.228 e. The average molecular weight is 402 g/mol. The van der Waals surface area contributed by atoms with Crippen LogP contribution in [0.15, 0.2) is 51.9 Å². The molecule has 3 aromatic rings. The van der Waals surface area contributed by atoms with Crippen LogP contribution in [-0.4, -0.2) is 32.6 Å². The lowest BCUT2D eigenvalue weighted by Gasteiger charge is -2.19. The standard InChI is InChI=1S/C17H16BrN5O2/c1-2-23(14-6-5-13(18)11-20-14)16(24)8-7-15-21-17(22-25-15)12-4-3-9-19-10-12/h3-6,9-11H,2,7-8H2,1H3.